The zero-order chi connectivity index (χ0) is 23.9. The van der Waals surface area contributed by atoms with Crippen LogP contribution in [0.25, 0.3) is 0 Å². The maximum Gasteiger partial charge on any atom is 0.303 e. The molecule has 0 aromatic carbocycles. The molecule has 0 amide bonds. The van der Waals surface area contributed by atoms with E-state index in [1.807, 2.05) is 20.8 Å². The molecule has 4 aliphatic rings. The van der Waals surface area contributed by atoms with Gasteiger partial charge in [-0.15, -0.1) is 11.6 Å². The van der Waals surface area contributed by atoms with E-state index >= 15 is 0 Å². The van der Waals surface area contributed by atoms with E-state index in [-0.39, 0.29) is 29.1 Å². The number of halogens is 2. The fraction of sp³-hybridized carbons (Fsp3) is 0.708. The SMILES string of the molecule is CC(=O)OCC(=O)[C@@]1(O)[C@H](C)C[C@H]2[C@@H]3CCC4=CC(=O)C(Cl)=C[C@]4(C)[C@@]3(Cl)[C@@H](O)C[C@@]21C. The van der Waals surface area contributed by atoms with Crippen LogP contribution in [0.2, 0.25) is 0 Å². The van der Waals surface area contributed by atoms with Crippen molar-refractivity contribution in [3.8, 4) is 0 Å². The summed E-state index contributed by atoms with van der Waals surface area (Å²) in [6, 6.07) is 0. The lowest BCUT2D eigenvalue weighted by Crippen LogP contribution is -2.69. The van der Waals surface area contributed by atoms with Crippen molar-refractivity contribution in [2.75, 3.05) is 6.61 Å². The number of ether oxygens (including phenoxy) is 1. The minimum Gasteiger partial charge on any atom is -0.458 e. The van der Waals surface area contributed by atoms with Crippen LogP contribution >= 0.6 is 23.2 Å². The molecule has 32 heavy (non-hydrogen) atoms. The summed E-state index contributed by atoms with van der Waals surface area (Å²) in [6.45, 7) is 6.29. The first-order valence-electron chi connectivity index (χ1n) is 11.1. The summed E-state index contributed by atoms with van der Waals surface area (Å²) in [6.07, 6.45) is 4.06. The molecule has 6 nitrogen and oxygen atoms in total. The second-order valence-electron chi connectivity index (χ2n) is 10.5. The first-order valence-corrected chi connectivity index (χ1v) is 11.9. The average molecular weight is 485 g/mol. The van der Waals surface area contributed by atoms with Gasteiger partial charge in [0.1, 0.15) is 5.60 Å². The van der Waals surface area contributed by atoms with Crippen molar-refractivity contribution in [1.82, 2.24) is 0 Å². The first kappa shape index (κ1) is 23.9. The lowest BCUT2D eigenvalue weighted by Gasteiger charge is -2.64. The van der Waals surface area contributed by atoms with E-state index in [4.69, 9.17) is 27.9 Å². The number of carbonyl (C=O) groups excluding carboxylic acids is 3. The Balaban J connectivity index is 1.77. The Labute approximate surface area is 198 Å². The lowest BCUT2D eigenvalue weighted by molar-refractivity contribution is -0.182. The van der Waals surface area contributed by atoms with Gasteiger partial charge in [0.05, 0.1) is 16.0 Å². The molecule has 2 N–H and O–H groups in total. The van der Waals surface area contributed by atoms with Gasteiger partial charge < -0.3 is 14.9 Å². The summed E-state index contributed by atoms with van der Waals surface area (Å²) in [7, 11) is 0. The Hall–Kier alpha value is -1.21. The largest absolute Gasteiger partial charge is 0.458 e. The normalized spacial score (nSPS) is 47.6. The number of rotatable bonds is 3. The maximum absolute atomic E-state index is 13.1. The number of aliphatic hydroxyl groups excluding tert-OH is 1. The number of esters is 1. The Morgan fingerprint density at radius 3 is 2.56 bits per heavy atom. The van der Waals surface area contributed by atoms with Crippen LogP contribution < -0.4 is 0 Å². The van der Waals surface area contributed by atoms with E-state index in [1.165, 1.54) is 6.92 Å². The highest BCUT2D eigenvalue weighted by molar-refractivity contribution is 6.44. The van der Waals surface area contributed by atoms with Crippen molar-refractivity contribution in [2.45, 2.75) is 70.0 Å². The molecular weight excluding hydrogens is 455 g/mol. The minimum absolute atomic E-state index is 0.0883. The van der Waals surface area contributed by atoms with Crippen LogP contribution in [0.3, 0.4) is 0 Å². The predicted octanol–water partition coefficient (Wildman–Crippen LogP) is 3.30. The van der Waals surface area contributed by atoms with Crippen LogP contribution in [0.5, 0.6) is 0 Å². The second kappa shape index (κ2) is 7.39. The van der Waals surface area contributed by atoms with Gasteiger partial charge in [0.2, 0.25) is 5.78 Å². The molecular formula is C24H30Cl2O6. The van der Waals surface area contributed by atoms with Crippen molar-refractivity contribution in [3.05, 3.63) is 22.8 Å². The van der Waals surface area contributed by atoms with Gasteiger partial charge in [-0.3, -0.25) is 14.4 Å². The summed E-state index contributed by atoms with van der Waals surface area (Å²) >= 11 is 13.6. The molecule has 4 aliphatic carbocycles. The smallest absolute Gasteiger partial charge is 0.303 e. The zero-order valence-electron chi connectivity index (χ0n) is 18.8. The van der Waals surface area contributed by atoms with E-state index in [0.29, 0.717) is 19.3 Å². The lowest BCUT2D eigenvalue weighted by atomic mass is 9.45. The number of aliphatic hydroxyl groups is 2. The molecule has 0 spiro atoms. The number of hydrogen-bond donors (Lipinski definition) is 2. The third kappa shape index (κ3) is 2.82. The Morgan fingerprint density at radius 1 is 1.28 bits per heavy atom. The molecule has 4 rings (SSSR count). The first-order chi connectivity index (χ1) is 14.7. The molecule has 0 unspecified atom stereocenters. The number of carbonyl (C=O) groups is 3. The molecule has 3 saturated carbocycles. The van der Waals surface area contributed by atoms with Gasteiger partial charge in [-0.05, 0) is 55.6 Å². The van der Waals surface area contributed by atoms with Gasteiger partial charge in [0, 0.05) is 17.8 Å². The molecule has 3 fully saturated rings. The molecule has 0 bridgehead atoms. The van der Waals surface area contributed by atoms with E-state index < -0.39 is 51.7 Å². The van der Waals surface area contributed by atoms with Gasteiger partial charge in [-0.1, -0.05) is 37.9 Å². The molecule has 0 aliphatic heterocycles. The summed E-state index contributed by atoms with van der Waals surface area (Å²) in [5.74, 6) is -2.16. The fourth-order valence-corrected chi connectivity index (χ4v) is 8.26. The number of allylic oxidation sites excluding steroid dienone is 4. The standard InChI is InChI=1S/C24H30Cl2O6/c1-12-7-16-15-6-5-14-8-18(28)17(25)9-21(14,3)23(15,26)19(29)10-22(16,4)24(12,31)20(30)11-32-13(2)27/h8-9,12,15-16,19,29,31H,5-7,10-11H2,1-4H3/t12-,15+,16+,19+,21+,22+,23+,24+/m1/s1. The molecule has 8 atom stereocenters. The Morgan fingerprint density at radius 2 is 1.94 bits per heavy atom. The Bertz CT molecular complexity index is 958. The van der Waals surface area contributed by atoms with Crippen LogP contribution in [0.4, 0.5) is 0 Å². The average Bonchev–Trinajstić information content (AvgIpc) is 2.90. The molecule has 0 aromatic rings. The highest BCUT2D eigenvalue weighted by atomic mass is 35.5. The second-order valence-corrected chi connectivity index (χ2v) is 11.5. The van der Waals surface area contributed by atoms with E-state index in [2.05, 4.69) is 0 Å². The van der Waals surface area contributed by atoms with Crippen LogP contribution in [-0.2, 0) is 19.1 Å². The third-order valence-electron chi connectivity index (χ3n) is 9.11. The predicted molar refractivity (Wildman–Crippen MR) is 119 cm³/mol. The van der Waals surface area contributed by atoms with Gasteiger partial charge in [-0.2, -0.15) is 0 Å². The topological polar surface area (TPSA) is 101 Å². The molecule has 8 heteroatoms. The molecule has 0 aromatic heterocycles. The summed E-state index contributed by atoms with van der Waals surface area (Å²) in [4.78, 5) is 35.5. The number of hydrogen-bond acceptors (Lipinski definition) is 6. The molecule has 0 heterocycles. The van der Waals surface area contributed by atoms with Gasteiger partial charge >= 0.3 is 5.97 Å². The highest BCUT2D eigenvalue weighted by Gasteiger charge is 2.74. The quantitative estimate of drug-likeness (QED) is 0.470. The fourth-order valence-electron chi connectivity index (χ4n) is 7.47. The van der Waals surface area contributed by atoms with Gasteiger partial charge in [0.25, 0.3) is 0 Å². The molecule has 0 radical (unpaired) electrons. The van der Waals surface area contributed by atoms with Crippen molar-refractivity contribution in [1.29, 1.82) is 0 Å². The van der Waals surface area contributed by atoms with Crippen LogP contribution in [-0.4, -0.2) is 50.9 Å². The number of alkyl halides is 1. The van der Waals surface area contributed by atoms with Gasteiger partial charge in [-0.25, -0.2) is 0 Å². The van der Waals surface area contributed by atoms with E-state index in [0.717, 1.165) is 5.57 Å². The molecule has 176 valence electrons. The summed E-state index contributed by atoms with van der Waals surface area (Å²) in [5, 5.41) is 23.4. The third-order valence-corrected chi connectivity index (χ3v) is 10.3. The van der Waals surface area contributed by atoms with Crippen LogP contribution in [0.15, 0.2) is 22.8 Å². The minimum atomic E-state index is -1.75. The van der Waals surface area contributed by atoms with Crippen molar-refractivity contribution >= 4 is 40.7 Å². The number of Topliss-reactive ketones (excluding diaryl/α,β-unsaturated/α-hetero) is 1. The van der Waals surface area contributed by atoms with Crippen molar-refractivity contribution in [2.24, 2.45) is 28.6 Å². The van der Waals surface area contributed by atoms with E-state index in [9.17, 15) is 24.6 Å². The highest BCUT2D eigenvalue weighted by Crippen LogP contribution is 2.71. The van der Waals surface area contributed by atoms with Crippen molar-refractivity contribution < 1.29 is 29.3 Å². The Kier molecular flexibility index (Phi) is 5.53. The number of fused-ring (bicyclic) bond motifs is 5. The van der Waals surface area contributed by atoms with Gasteiger partial charge in [0.15, 0.2) is 12.4 Å². The molecule has 0 saturated heterocycles. The van der Waals surface area contributed by atoms with E-state index in [1.54, 1.807) is 12.2 Å². The monoisotopic (exact) mass is 484 g/mol. The van der Waals surface area contributed by atoms with Crippen LogP contribution in [0, 0.1) is 28.6 Å². The summed E-state index contributed by atoms with van der Waals surface area (Å²) in [5.41, 5.74) is -2.66. The maximum atomic E-state index is 13.1. The van der Waals surface area contributed by atoms with Crippen molar-refractivity contribution in [3.63, 3.8) is 0 Å². The summed E-state index contributed by atoms with van der Waals surface area (Å²) < 4.78 is 4.92. The number of ketones is 2. The zero-order valence-corrected chi connectivity index (χ0v) is 20.3. The van der Waals surface area contributed by atoms with Crippen LogP contribution in [0.1, 0.15) is 53.4 Å².